The maximum atomic E-state index is 12.6. The fourth-order valence-corrected chi connectivity index (χ4v) is 3.31. The zero-order valence-electron chi connectivity index (χ0n) is 13.6. The quantitative estimate of drug-likeness (QED) is 0.668. The molecule has 126 valence electrons. The molecule has 0 N–H and O–H groups in total. The van der Waals surface area contributed by atoms with Crippen LogP contribution in [-0.2, 0) is 16.1 Å². The maximum Gasteiger partial charge on any atom is 0.329 e. The molecule has 0 unspecified atom stereocenters. The number of anilines is 1. The number of nitrogens with zero attached hydrogens (tertiary/aromatic N) is 1. The lowest BCUT2D eigenvalue weighted by atomic mass is 10.2. The van der Waals surface area contributed by atoms with Crippen LogP contribution in [0.15, 0.2) is 54.6 Å². The lowest BCUT2D eigenvalue weighted by molar-refractivity contribution is -0.146. The number of rotatable bonds is 5. The Balaban J connectivity index is 1.71. The summed E-state index contributed by atoms with van der Waals surface area (Å²) in [4.78, 5) is 14.6. The second kappa shape index (κ2) is 7.62. The fraction of sp³-hybridized carbons (Fsp3) is 0.316. The Labute approximate surface area is 147 Å². The van der Waals surface area contributed by atoms with Crippen molar-refractivity contribution in [3.05, 3.63) is 60.2 Å². The largest absolute Gasteiger partial charge is 0.497 e. The number of carbonyl (C=O) groups is 1. The number of thiol groups is 1. The molecule has 1 aliphatic rings. The van der Waals surface area contributed by atoms with Crippen molar-refractivity contribution in [2.75, 3.05) is 18.6 Å². The Morgan fingerprint density at radius 3 is 2.75 bits per heavy atom. The van der Waals surface area contributed by atoms with Gasteiger partial charge in [-0.2, -0.15) is 12.6 Å². The van der Waals surface area contributed by atoms with Gasteiger partial charge in [0, 0.05) is 23.5 Å². The molecule has 1 heterocycles. The van der Waals surface area contributed by atoms with E-state index in [4.69, 9.17) is 9.47 Å². The van der Waals surface area contributed by atoms with Gasteiger partial charge in [0.1, 0.15) is 18.4 Å². The third-order valence-corrected chi connectivity index (χ3v) is 4.53. The van der Waals surface area contributed by atoms with Gasteiger partial charge < -0.3 is 14.4 Å². The van der Waals surface area contributed by atoms with Gasteiger partial charge in [0.25, 0.3) is 0 Å². The Hall–Kier alpha value is -2.14. The topological polar surface area (TPSA) is 38.8 Å². The van der Waals surface area contributed by atoms with Crippen LogP contribution in [-0.4, -0.2) is 30.9 Å². The first kappa shape index (κ1) is 16.7. The average molecular weight is 343 g/mol. The number of benzene rings is 2. The fourth-order valence-electron chi connectivity index (χ4n) is 2.94. The summed E-state index contributed by atoms with van der Waals surface area (Å²) >= 11 is 4.56. The molecule has 4 nitrogen and oxygen atoms in total. The Bertz CT molecular complexity index is 692. The van der Waals surface area contributed by atoms with Gasteiger partial charge in [0.2, 0.25) is 0 Å². The van der Waals surface area contributed by atoms with Crippen LogP contribution in [0, 0.1) is 0 Å². The van der Waals surface area contributed by atoms with Crippen molar-refractivity contribution < 1.29 is 14.3 Å². The summed E-state index contributed by atoms with van der Waals surface area (Å²) < 4.78 is 10.8. The first-order valence-electron chi connectivity index (χ1n) is 7.96. The monoisotopic (exact) mass is 343 g/mol. The molecule has 2 atom stereocenters. The normalized spacial score (nSPS) is 20.0. The summed E-state index contributed by atoms with van der Waals surface area (Å²) in [6.07, 6.45) is 0.675. The molecule has 0 bridgehead atoms. The van der Waals surface area contributed by atoms with E-state index in [9.17, 15) is 4.79 Å². The second-order valence-electron chi connectivity index (χ2n) is 5.85. The molecular weight excluding hydrogens is 322 g/mol. The van der Waals surface area contributed by atoms with Crippen molar-refractivity contribution in [2.24, 2.45) is 0 Å². The molecule has 24 heavy (non-hydrogen) atoms. The van der Waals surface area contributed by atoms with Crippen LogP contribution in [0.3, 0.4) is 0 Å². The van der Waals surface area contributed by atoms with E-state index in [1.165, 1.54) is 0 Å². The highest BCUT2D eigenvalue weighted by atomic mass is 32.1. The van der Waals surface area contributed by atoms with Crippen molar-refractivity contribution in [3.63, 3.8) is 0 Å². The molecule has 5 heteroatoms. The van der Waals surface area contributed by atoms with Crippen molar-refractivity contribution in [3.8, 4) is 5.75 Å². The number of ether oxygens (including phenoxy) is 2. The predicted octanol–water partition coefficient (Wildman–Crippen LogP) is 3.32. The first-order chi connectivity index (χ1) is 11.7. The number of hydrogen-bond acceptors (Lipinski definition) is 5. The number of esters is 1. The van der Waals surface area contributed by atoms with Crippen molar-refractivity contribution in [1.82, 2.24) is 0 Å². The van der Waals surface area contributed by atoms with Crippen LogP contribution in [0.4, 0.5) is 5.69 Å². The summed E-state index contributed by atoms with van der Waals surface area (Å²) in [6, 6.07) is 17.1. The Morgan fingerprint density at radius 2 is 2.00 bits per heavy atom. The summed E-state index contributed by atoms with van der Waals surface area (Å²) in [5.41, 5.74) is 1.94. The summed E-state index contributed by atoms with van der Waals surface area (Å²) in [6.45, 7) is 1.00. The zero-order valence-corrected chi connectivity index (χ0v) is 14.5. The molecule has 0 radical (unpaired) electrons. The van der Waals surface area contributed by atoms with Gasteiger partial charge >= 0.3 is 5.97 Å². The van der Waals surface area contributed by atoms with E-state index in [-0.39, 0.29) is 17.3 Å². The van der Waals surface area contributed by atoms with Crippen LogP contribution >= 0.6 is 12.6 Å². The van der Waals surface area contributed by atoms with Crippen molar-refractivity contribution in [2.45, 2.75) is 24.3 Å². The molecule has 1 saturated heterocycles. The summed E-state index contributed by atoms with van der Waals surface area (Å²) in [7, 11) is 1.64. The van der Waals surface area contributed by atoms with E-state index in [0.717, 1.165) is 17.0 Å². The summed E-state index contributed by atoms with van der Waals surface area (Å²) in [5.74, 6) is 0.560. The number of carbonyl (C=O) groups excluding carboxylic acids is 1. The molecule has 0 spiro atoms. The van der Waals surface area contributed by atoms with Gasteiger partial charge in [0.05, 0.1) is 7.11 Å². The highest BCUT2D eigenvalue weighted by molar-refractivity contribution is 7.81. The molecule has 0 amide bonds. The molecule has 1 aliphatic heterocycles. The van der Waals surface area contributed by atoms with E-state index >= 15 is 0 Å². The first-order valence-corrected chi connectivity index (χ1v) is 8.48. The number of hydrogen-bond donors (Lipinski definition) is 1. The minimum atomic E-state index is -0.316. The highest BCUT2D eigenvalue weighted by Gasteiger charge is 2.36. The van der Waals surface area contributed by atoms with Crippen molar-refractivity contribution in [1.29, 1.82) is 0 Å². The van der Waals surface area contributed by atoms with Crippen molar-refractivity contribution >= 4 is 24.3 Å². The molecular formula is C19H21NO3S. The van der Waals surface area contributed by atoms with E-state index in [0.29, 0.717) is 19.6 Å². The molecule has 0 aliphatic carbocycles. The minimum absolute atomic E-state index is 0.144. The predicted molar refractivity (Wildman–Crippen MR) is 97.8 cm³/mol. The molecule has 1 fully saturated rings. The van der Waals surface area contributed by atoms with Gasteiger partial charge in [-0.05, 0) is 24.1 Å². The SMILES string of the molecule is COc1cccc(N2C[C@H](S)C[C@H]2C(=O)OCc2ccccc2)c1. The van der Waals surface area contributed by atoms with E-state index in [1.54, 1.807) is 7.11 Å². The molecule has 3 rings (SSSR count). The van der Waals surface area contributed by atoms with Crippen LogP contribution in [0.1, 0.15) is 12.0 Å². The number of methoxy groups -OCH3 is 1. The van der Waals surface area contributed by atoms with Gasteiger partial charge in [-0.3, -0.25) is 0 Å². The molecule has 0 saturated carbocycles. The van der Waals surface area contributed by atoms with E-state index in [2.05, 4.69) is 12.6 Å². The third-order valence-electron chi connectivity index (χ3n) is 4.16. The smallest absolute Gasteiger partial charge is 0.329 e. The lowest BCUT2D eigenvalue weighted by Gasteiger charge is -2.25. The van der Waals surface area contributed by atoms with E-state index in [1.807, 2.05) is 59.5 Å². The van der Waals surface area contributed by atoms with Gasteiger partial charge in [-0.15, -0.1) is 0 Å². The standard InChI is InChI=1S/C19H21NO3S/c1-22-16-9-5-8-15(10-16)20-12-17(24)11-18(20)19(21)23-13-14-6-3-2-4-7-14/h2-10,17-18,24H,11-13H2,1H3/t17-,18+/m1/s1. The molecule has 0 aromatic heterocycles. The molecule has 2 aromatic rings. The van der Waals surface area contributed by atoms with E-state index < -0.39 is 0 Å². The van der Waals surface area contributed by atoms with Gasteiger partial charge in [-0.25, -0.2) is 4.79 Å². The van der Waals surface area contributed by atoms with Gasteiger partial charge in [0.15, 0.2) is 0 Å². The Kier molecular flexibility index (Phi) is 5.30. The zero-order chi connectivity index (χ0) is 16.9. The van der Waals surface area contributed by atoms with Crippen LogP contribution in [0.2, 0.25) is 0 Å². The second-order valence-corrected chi connectivity index (χ2v) is 6.58. The third kappa shape index (κ3) is 3.85. The Morgan fingerprint density at radius 1 is 1.21 bits per heavy atom. The van der Waals surface area contributed by atoms with Gasteiger partial charge in [-0.1, -0.05) is 36.4 Å². The highest BCUT2D eigenvalue weighted by Crippen LogP contribution is 2.31. The van der Waals surface area contributed by atoms with Crippen LogP contribution in [0.5, 0.6) is 5.75 Å². The lowest BCUT2D eigenvalue weighted by Crippen LogP contribution is -2.37. The van der Waals surface area contributed by atoms with Crippen LogP contribution in [0.25, 0.3) is 0 Å². The summed E-state index contributed by atoms with van der Waals surface area (Å²) in [5, 5.41) is 0.144. The maximum absolute atomic E-state index is 12.6. The molecule has 2 aromatic carbocycles. The minimum Gasteiger partial charge on any atom is -0.497 e. The average Bonchev–Trinajstić information content (AvgIpc) is 3.02. The van der Waals surface area contributed by atoms with Crippen LogP contribution < -0.4 is 9.64 Å².